The SMILES string of the molecule is CCOc1cc(C(=O)Nc2ccc(F)c(Cl)c2)ncn1. The van der Waals surface area contributed by atoms with Gasteiger partial charge in [0.15, 0.2) is 0 Å². The minimum Gasteiger partial charge on any atom is -0.478 e. The number of amides is 1. The van der Waals surface area contributed by atoms with Gasteiger partial charge in [0.05, 0.1) is 11.6 Å². The number of carbonyl (C=O) groups excluding carboxylic acids is 1. The first-order chi connectivity index (χ1) is 9.60. The van der Waals surface area contributed by atoms with E-state index >= 15 is 0 Å². The zero-order chi connectivity index (χ0) is 14.5. The molecule has 0 aliphatic heterocycles. The predicted octanol–water partition coefficient (Wildman–Crippen LogP) is 2.92. The van der Waals surface area contributed by atoms with Gasteiger partial charge >= 0.3 is 0 Å². The van der Waals surface area contributed by atoms with Crippen LogP contribution in [0.15, 0.2) is 30.6 Å². The van der Waals surface area contributed by atoms with Crippen molar-refractivity contribution in [2.24, 2.45) is 0 Å². The number of ether oxygens (including phenoxy) is 1. The summed E-state index contributed by atoms with van der Waals surface area (Å²) in [6.07, 6.45) is 1.23. The molecule has 7 heteroatoms. The van der Waals surface area contributed by atoms with E-state index in [1.54, 1.807) is 0 Å². The van der Waals surface area contributed by atoms with Crippen molar-refractivity contribution in [3.8, 4) is 5.88 Å². The zero-order valence-electron chi connectivity index (χ0n) is 10.6. The van der Waals surface area contributed by atoms with E-state index in [1.165, 1.54) is 30.6 Å². The van der Waals surface area contributed by atoms with Gasteiger partial charge in [-0.05, 0) is 25.1 Å². The maximum absolute atomic E-state index is 13.0. The molecule has 1 aromatic heterocycles. The first kappa shape index (κ1) is 14.2. The molecule has 104 valence electrons. The number of benzene rings is 1. The van der Waals surface area contributed by atoms with Gasteiger partial charge in [-0.15, -0.1) is 0 Å². The second-order valence-electron chi connectivity index (χ2n) is 3.76. The van der Waals surface area contributed by atoms with Crippen molar-refractivity contribution in [3.63, 3.8) is 0 Å². The molecule has 2 aromatic rings. The van der Waals surface area contributed by atoms with Crippen molar-refractivity contribution < 1.29 is 13.9 Å². The number of nitrogens with one attached hydrogen (secondary N) is 1. The molecule has 1 aromatic carbocycles. The van der Waals surface area contributed by atoms with Crippen LogP contribution in [0.25, 0.3) is 0 Å². The van der Waals surface area contributed by atoms with Gasteiger partial charge in [0, 0.05) is 11.8 Å². The summed E-state index contributed by atoms with van der Waals surface area (Å²) in [6, 6.07) is 5.32. The highest BCUT2D eigenvalue weighted by atomic mass is 35.5. The zero-order valence-corrected chi connectivity index (χ0v) is 11.3. The minimum atomic E-state index is -0.551. The summed E-state index contributed by atoms with van der Waals surface area (Å²) >= 11 is 5.64. The lowest BCUT2D eigenvalue weighted by Gasteiger charge is -2.06. The molecule has 5 nitrogen and oxygen atoms in total. The fourth-order valence-electron chi connectivity index (χ4n) is 1.46. The molecule has 0 unspecified atom stereocenters. The largest absolute Gasteiger partial charge is 0.478 e. The van der Waals surface area contributed by atoms with Crippen LogP contribution in [0.5, 0.6) is 5.88 Å². The normalized spacial score (nSPS) is 10.2. The quantitative estimate of drug-likeness (QED) is 0.942. The Labute approximate surface area is 119 Å². The molecule has 0 aliphatic carbocycles. The van der Waals surface area contributed by atoms with Gasteiger partial charge in [-0.1, -0.05) is 11.6 Å². The van der Waals surface area contributed by atoms with Gasteiger partial charge < -0.3 is 10.1 Å². The number of rotatable bonds is 4. The van der Waals surface area contributed by atoms with E-state index in [4.69, 9.17) is 16.3 Å². The molecular formula is C13H11ClFN3O2. The van der Waals surface area contributed by atoms with Crippen molar-refractivity contribution in [2.45, 2.75) is 6.92 Å². The lowest BCUT2D eigenvalue weighted by molar-refractivity contribution is 0.102. The third kappa shape index (κ3) is 3.42. The van der Waals surface area contributed by atoms with Crippen LogP contribution in [-0.4, -0.2) is 22.5 Å². The molecular weight excluding hydrogens is 285 g/mol. The van der Waals surface area contributed by atoms with E-state index in [-0.39, 0.29) is 10.7 Å². The average molecular weight is 296 g/mol. The van der Waals surface area contributed by atoms with E-state index in [0.29, 0.717) is 18.2 Å². The number of halogens is 2. The number of aromatic nitrogens is 2. The highest BCUT2D eigenvalue weighted by Crippen LogP contribution is 2.20. The number of carbonyl (C=O) groups is 1. The molecule has 1 amide bonds. The third-order valence-corrected chi connectivity index (χ3v) is 2.63. The molecule has 20 heavy (non-hydrogen) atoms. The first-order valence-electron chi connectivity index (χ1n) is 5.81. The molecule has 0 saturated carbocycles. The Morgan fingerprint density at radius 2 is 2.20 bits per heavy atom. The molecule has 0 atom stereocenters. The van der Waals surface area contributed by atoms with Crippen LogP contribution in [0, 0.1) is 5.82 Å². The Hall–Kier alpha value is -2.21. The summed E-state index contributed by atoms with van der Waals surface area (Å²) in [5.74, 6) is -0.703. The van der Waals surface area contributed by atoms with Crippen LogP contribution in [0.3, 0.4) is 0 Å². The predicted molar refractivity (Wildman–Crippen MR) is 72.6 cm³/mol. The Morgan fingerprint density at radius 3 is 2.90 bits per heavy atom. The van der Waals surface area contributed by atoms with Gasteiger partial charge in [0.1, 0.15) is 17.8 Å². The maximum Gasteiger partial charge on any atom is 0.274 e. The summed E-state index contributed by atoms with van der Waals surface area (Å²) < 4.78 is 18.2. The van der Waals surface area contributed by atoms with Gasteiger partial charge in [-0.2, -0.15) is 0 Å². The monoisotopic (exact) mass is 295 g/mol. The molecule has 0 fully saturated rings. The number of nitrogens with zero attached hydrogens (tertiary/aromatic N) is 2. The summed E-state index contributed by atoms with van der Waals surface area (Å²) in [4.78, 5) is 19.7. The smallest absolute Gasteiger partial charge is 0.274 e. The number of hydrogen-bond acceptors (Lipinski definition) is 4. The summed E-state index contributed by atoms with van der Waals surface area (Å²) in [7, 11) is 0. The van der Waals surface area contributed by atoms with Crippen LogP contribution in [0.1, 0.15) is 17.4 Å². The van der Waals surface area contributed by atoms with E-state index < -0.39 is 11.7 Å². The van der Waals surface area contributed by atoms with E-state index in [1.807, 2.05) is 6.92 Å². The van der Waals surface area contributed by atoms with Gasteiger partial charge in [-0.3, -0.25) is 4.79 Å². The van der Waals surface area contributed by atoms with Crippen LogP contribution in [0.4, 0.5) is 10.1 Å². The van der Waals surface area contributed by atoms with E-state index in [0.717, 1.165) is 0 Å². The van der Waals surface area contributed by atoms with E-state index in [9.17, 15) is 9.18 Å². The second-order valence-corrected chi connectivity index (χ2v) is 4.16. The number of anilines is 1. The van der Waals surface area contributed by atoms with Crippen molar-refractivity contribution in [3.05, 3.63) is 47.1 Å². The topological polar surface area (TPSA) is 64.1 Å². The van der Waals surface area contributed by atoms with Gasteiger partial charge in [0.25, 0.3) is 5.91 Å². The molecule has 0 spiro atoms. The summed E-state index contributed by atoms with van der Waals surface area (Å²) in [5, 5.41) is 2.49. The molecule has 0 saturated heterocycles. The Morgan fingerprint density at radius 1 is 1.40 bits per heavy atom. The van der Waals surface area contributed by atoms with Gasteiger partial charge in [0.2, 0.25) is 5.88 Å². The van der Waals surface area contributed by atoms with Gasteiger partial charge in [-0.25, -0.2) is 14.4 Å². The number of hydrogen-bond donors (Lipinski definition) is 1. The lowest BCUT2D eigenvalue weighted by atomic mass is 10.3. The molecule has 1 heterocycles. The molecule has 1 N–H and O–H groups in total. The molecule has 0 aliphatic rings. The highest BCUT2D eigenvalue weighted by molar-refractivity contribution is 6.31. The maximum atomic E-state index is 13.0. The van der Waals surface area contributed by atoms with Crippen LogP contribution in [-0.2, 0) is 0 Å². The van der Waals surface area contributed by atoms with Crippen LogP contribution < -0.4 is 10.1 Å². The van der Waals surface area contributed by atoms with Crippen molar-refractivity contribution in [1.82, 2.24) is 9.97 Å². The molecule has 2 rings (SSSR count). The van der Waals surface area contributed by atoms with Crippen LogP contribution >= 0.6 is 11.6 Å². The fourth-order valence-corrected chi connectivity index (χ4v) is 1.64. The summed E-state index contributed by atoms with van der Waals surface area (Å²) in [6.45, 7) is 2.24. The first-order valence-corrected chi connectivity index (χ1v) is 6.19. The van der Waals surface area contributed by atoms with E-state index in [2.05, 4.69) is 15.3 Å². The molecule has 0 bridgehead atoms. The molecule has 0 radical (unpaired) electrons. The van der Waals surface area contributed by atoms with Crippen LogP contribution in [0.2, 0.25) is 5.02 Å². The second kappa shape index (κ2) is 6.29. The minimum absolute atomic E-state index is 0.0690. The third-order valence-electron chi connectivity index (χ3n) is 2.34. The summed E-state index contributed by atoms with van der Waals surface area (Å²) in [5.41, 5.74) is 0.516. The Bertz CT molecular complexity index is 637. The standard InChI is InChI=1S/C13H11ClFN3O2/c1-2-20-12-6-11(16-7-17-12)13(19)18-8-3-4-10(15)9(14)5-8/h3-7H,2H2,1H3,(H,18,19). The van der Waals surface area contributed by atoms with Crippen molar-refractivity contribution in [1.29, 1.82) is 0 Å². The average Bonchev–Trinajstić information content (AvgIpc) is 2.43. The fraction of sp³-hybridized carbons (Fsp3) is 0.154. The lowest BCUT2D eigenvalue weighted by Crippen LogP contribution is -2.14. The Kier molecular flexibility index (Phi) is 4.47. The highest BCUT2D eigenvalue weighted by Gasteiger charge is 2.10. The Balaban J connectivity index is 2.15. The van der Waals surface area contributed by atoms with Crippen molar-refractivity contribution in [2.75, 3.05) is 11.9 Å². The van der Waals surface area contributed by atoms with Crippen molar-refractivity contribution >= 4 is 23.2 Å².